The first kappa shape index (κ1) is 17.1. The first-order valence-corrected chi connectivity index (χ1v) is 7.23. The normalized spacial score (nSPS) is 11.0. The Morgan fingerprint density at radius 1 is 1.25 bits per heavy atom. The van der Waals surface area contributed by atoms with Crippen molar-refractivity contribution < 1.29 is 14.5 Å². The van der Waals surface area contributed by atoms with Crippen molar-refractivity contribution in [2.75, 3.05) is 6.61 Å². The molecule has 0 saturated heterocycles. The lowest BCUT2D eigenvalue weighted by atomic mass is 10.1. The number of ether oxygens (including phenoxy) is 1. The highest BCUT2D eigenvalue weighted by Gasteiger charge is 2.08. The van der Waals surface area contributed by atoms with E-state index in [9.17, 15) is 14.9 Å². The molecule has 2 aromatic rings. The molecule has 7 nitrogen and oxygen atoms in total. The lowest BCUT2D eigenvalue weighted by Gasteiger charge is -2.06. The molecular formula is C17H17N3O4. The highest BCUT2D eigenvalue weighted by Crippen LogP contribution is 2.14. The first-order chi connectivity index (χ1) is 11.5. The molecule has 0 aliphatic rings. The molecule has 0 aliphatic carbocycles. The molecular weight excluding hydrogens is 310 g/mol. The van der Waals surface area contributed by atoms with Crippen LogP contribution in [0.4, 0.5) is 5.69 Å². The first-order valence-electron chi connectivity index (χ1n) is 7.23. The summed E-state index contributed by atoms with van der Waals surface area (Å²) in [5.41, 5.74) is 4.45. The third kappa shape index (κ3) is 4.91. The number of hydrazone groups is 1. The Labute approximate surface area is 139 Å². The second kappa shape index (κ2) is 7.87. The molecule has 1 amide bonds. The molecule has 24 heavy (non-hydrogen) atoms. The molecule has 124 valence electrons. The summed E-state index contributed by atoms with van der Waals surface area (Å²) >= 11 is 0. The van der Waals surface area contributed by atoms with Gasteiger partial charge in [0.15, 0.2) is 6.61 Å². The molecule has 2 aromatic carbocycles. The number of non-ortho nitro benzene ring substituents is 1. The van der Waals surface area contributed by atoms with Gasteiger partial charge in [0.25, 0.3) is 11.6 Å². The van der Waals surface area contributed by atoms with Crippen LogP contribution in [-0.4, -0.2) is 23.1 Å². The molecule has 0 spiro atoms. The predicted octanol–water partition coefficient (Wildman–Crippen LogP) is 2.82. The van der Waals surface area contributed by atoms with Crippen LogP contribution >= 0.6 is 0 Å². The summed E-state index contributed by atoms with van der Waals surface area (Å²) in [5.74, 6) is 0.176. The summed E-state index contributed by atoms with van der Waals surface area (Å²) < 4.78 is 5.34. The van der Waals surface area contributed by atoms with E-state index < -0.39 is 10.8 Å². The van der Waals surface area contributed by atoms with Gasteiger partial charge in [-0.25, -0.2) is 5.43 Å². The molecule has 1 N–H and O–H groups in total. The van der Waals surface area contributed by atoms with Crippen molar-refractivity contribution in [1.82, 2.24) is 5.43 Å². The fraction of sp³-hybridized carbons (Fsp3) is 0.176. The van der Waals surface area contributed by atoms with Gasteiger partial charge in [-0.2, -0.15) is 5.10 Å². The Balaban J connectivity index is 1.91. The number of hydrogen-bond donors (Lipinski definition) is 1. The van der Waals surface area contributed by atoms with Gasteiger partial charge in [0.1, 0.15) is 5.75 Å². The Morgan fingerprint density at radius 3 is 2.62 bits per heavy atom. The third-order valence-electron chi connectivity index (χ3n) is 3.21. The zero-order valence-corrected chi connectivity index (χ0v) is 13.4. The second-order valence-electron chi connectivity index (χ2n) is 5.14. The summed E-state index contributed by atoms with van der Waals surface area (Å²) in [7, 11) is 0. The lowest BCUT2D eigenvalue weighted by molar-refractivity contribution is -0.384. The van der Waals surface area contributed by atoms with E-state index in [1.165, 1.54) is 12.1 Å². The van der Waals surface area contributed by atoms with Gasteiger partial charge in [-0.05, 0) is 26.0 Å². The predicted molar refractivity (Wildman–Crippen MR) is 90.1 cm³/mol. The molecule has 0 saturated carbocycles. The Hall–Kier alpha value is -3.22. The van der Waals surface area contributed by atoms with E-state index in [4.69, 9.17) is 4.74 Å². The molecule has 0 radical (unpaired) electrons. The zero-order chi connectivity index (χ0) is 17.5. The van der Waals surface area contributed by atoms with E-state index in [0.29, 0.717) is 17.0 Å². The summed E-state index contributed by atoms with van der Waals surface area (Å²) in [6, 6.07) is 13.4. The molecule has 0 fully saturated rings. The monoisotopic (exact) mass is 327 g/mol. The maximum atomic E-state index is 11.7. The van der Waals surface area contributed by atoms with E-state index in [2.05, 4.69) is 10.5 Å². The van der Waals surface area contributed by atoms with Crippen LogP contribution in [0.3, 0.4) is 0 Å². The summed E-state index contributed by atoms with van der Waals surface area (Å²) in [6.45, 7) is 3.44. The molecule has 0 aromatic heterocycles. The molecule has 0 heterocycles. The summed E-state index contributed by atoms with van der Waals surface area (Å²) in [5, 5.41) is 14.7. The topological polar surface area (TPSA) is 93.8 Å². The van der Waals surface area contributed by atoms with E-state index in [-0.39, 0.29) is 12.3 Å². The van der Waals surface area contributed by atoms with E-state index in [1.54, 1.807) is 31.2 Å². The fourth-order valence-electron chi connectivity index (χ4n) is 1.87. The number of hydrogen-bond acceptors (Lipinski definition) is 5. The molecule has 0 atom stereocenters. The highest BCUT2D eigenvalue weighted by molar-refractivity contribution is 5.99. The van der Waals surface area contributed by atoms with Crippen LogP contribution in [0.25, 0.3) is 0 Å². The molecule has 0 unspecified atom stereocenters. The lowest BCUT2D eigenvalue weighted by Crippen LogP contribution is -2.25. The van der Waals surface area contributed by atoms with Crippen LogP contribution in [0.2, 0.25) is 0 Å². The number of aryl methyl sites for hydroxylation is 1. The average molecular weight is 327 g/mol. The minimum Gasteiger partial charge on any atom is -0.484 e. The highest BCUT2D eigenvalue weighted by atomic mass is 16.6. The van der Waals surface area contributed by atoms with Crippen LogP contribution < -0.4 is 10.2 Å². The number of rotatable bonds is 6. The van der Waals surface area contributed by atoms with Gasteiger partial charge in [-0.15, -0.1) is 0 Å². The largest absolute Gasteiger partial charge is 0.484 e. The van der Waals surface area contributed by atoms with Crippen LogP contribution in [0.1, 0.15) is 18.1 Å². The van der Waals surface area contributed by atoms with Crippen LogP contribution in [0.5, 0.6) is 5.75 Å². The summed E-state index contributed by atoms with van der Waals surface area (Å²) in [6.07, 6.45) is 0. The second-order valence-corrected chi connectivity index (χ2v) is 5.14. The van der Waals surface area contributed by atoms with Gasteiger partial charge >= 0.3 is 0 Å². The number of nitrogens with zero attached hydrogens (tertiary/aromatic N) is 2. The number of benzene rings is 2. The van der Waals surface area contributed by atoms with Crippen molar-refractivity contribution >= 4 is 17.3 Å². The minimum atomic E-state index is -0.481. The number of nitro benzene ring substituents is 1. The molecule has 7 heteroatoms. The Kier molecular flexibility index (Phi) is 5.62. The summed E-state index contributed by atoms with van der Waals surface area (Å²) in [4.78, 5) is 22.0. The standard InChI is InChI=1S/C17H17N3O4/c1-12-6-8-16(9-7-12)24-11-17(21)19-18-13(2)14-4-3-5-15(10-14)20(22)23/h3-10H,11H2,1-2H3,(H,19,21)/b18-13+. The van der Waals surface area contributed by atoms with Crippen LogP contribution in [0, 0.1) is 17.0 Å². The Morgan fingerprint density at radius 2 is 1.96 bits per heavy atom. The van der Waals surface area contributed by atoms with Crippen molar-refractivity contribution in [3.05, 3.63) is 69.8 Å². The fourth-order valence-corrected chi connectivity index (χ4v) is 1.87. The van der Waals surface area contributed by atoms with Crippen molar-refractivity contribution in [2.24, 2.45) is 5.10 Å². The van der Waals surface area contributed by atoms with E-state index >= 15 is 0 Å². The molecule has 0 aliphatic heterocycles. The zero-order valence-electron chi connectivity index (χ0n) is 13.4. The van der Waals surface area contributed by atoms with E-state index in [1.807, 2.05) is 19.1 Å². The SMILES string of the molecule is C/C(=N\NC(=O)COc1ccc(C)cc1)c1cccc([N+](=O)[O-])c1. The van der Waals surface area contributed by atoms with Gasteiger partial charge in [-0.1, -0.05) is 29.8 Å². The van der Waals surface area contributed by atoms with E-state index in [0.717, 1.165) is 5.56 Å². The molecule has 2 rings (SSSR count). The maximum absolute atomic E-state index is 11.7. The van der Waals surface area contributed by atoms with Gasteiger partial charge < -0.3 is 4.74 Å². The number of nitrogens with one attached hydrogen (secondary N) is 1. The third-order valence-corrected chi connectivity index (χ3v) is 3.21. The molecule has 0 bridgehead atoms. The van der Waals surface area contributed by atoms with Gasteiger partial charge in [-0.3, -0.25) is 14.9 Å². The van der Waals surface area contributed by atoms with Crippen molar-refractivity contribution in [2.45, 2.75) is 13.8 Å². The van der Waals surface area contributed by atoms with Gasteiger partial charge in [0.2, 0.25) is 0 Å². The number of nitro groups is 1. The number of amides is 1. The minimum absolute atomic E-state index is 0.0314. The Bertz CT molecular complexity index is 770. The van der Waals surface area contributed by atoms with Gasteiger partial charge in [0, 0.05) is 17.7 Å². The van der Waals surface area contributed by atoms with Crippen molar-refractivity contribution in [3.63, 3.8) is 0 Å². The number of carbonyl (C=O) groups is 1. The number of carbonyl (C=O) groups excluding carboxylic acids is 1. The van der Waals surface area contributed by atoms with Crippen LogP contribution in [0.15, 0.2) is 53.6 Å². The van der Waals surface area contributed by atoms with Crippen molar-refractivity contribution in [1.29, 1.82) is 0 Å². The maximum Gasteiger partial charge on any atom is 0.277 e. The van der Waals surface area contributed by atoms with Crippen molar-refractivity contribution in [3.8, 4) is 5.75 Å². The quantitative estimate of drug-likeness (QED) is 0.501. The smallest absolute Gasteiger partial charge is 0.277 e. The van der Waals surface area contributed by atoms with Crippen LogP contribution in [-0.2, 0) is 4.79 Å². The average Bonchev–Trinajstić information content (AvgIpc) is 2.59. The van der Waals surface area contributed by atoms with Gasteiger partial charge in [0.05, 0.1) is 10.6 Å².